The number of likely N-dealkylation sites (tertiary alicyclic amines) is 1. The summed E-state index contributed by atoms with van der Waals surface area (Å²) in [5.74, 6) is 0.295. The number of carbonyl (C=O) groups excluding carboxylic acids is 2. The van der Waals surface area contributed by atoms with E-state index in [2.05, 4.69) is 13.8 Å². The molecule has 1 aliphatic heterocycles. The van der Waals surface area contributed by atoms with Gasteiger partial charge >= 0.3 is 6.09 Å². The van der Waals surface area contributed by atoms with Gasteiger partial charge in [0.15, 0.2) is 0 Å². The summed E-state index contributed by atoms with van der Waals surface area (Å²) in [4.78, 5) is 25.2. The lowest BCUT2D eigenvalue weighted by Crippen LogP contribution is -2.41. The van der Waals surface area contributed by atoms with E-state index < -0.39 is 11.7 Å². The van der Waals surface area contributed by atoms with Crippen molar-refractivity contribution in [1.82, 2.24) is 4.90 Å². The summed E-state index contributed by atoms with van der Waals surface area (Å²) in [5.41, 5.74) is -0.423. The fraction of sp³-hybridized carbons (Fsp3) is 0.846. The van der Waals surface area contributed by atoms with Crippen LogP contribution in [0.15, 0.2) is 0 Å². The number of hydrogen-bond acceptors (Lipinski definition) is 3. The van der Waals surface area contributed by atoms with Gasteiger partial charge in [0, 0.05) is 12.5 Å². The predicted octanol–water partition coefficient (Wildman–Crippen LogP) is 2.43. The Morgan fingerprint density at radius 3 is 2.53 bits per heavy atom. The maximum Gasteiger partial charge on any atom is 0.417 e. The smallest absolute Gasteiger partial charge is 0.417 e. The van der Waals surface area contributed by atoms with Crippen molar-refractivity contribution in [1.29, 1.82) is 0 Å². The highest BCUT2D eigenvalue weighted by atomic mass is 16.6. The van der Waals surface area contributed by atoms with E-state index in [1.165, 1.54) is 4.90 Å². The molecule has 2 fully saturated rings. The summed E-state index contributed by atoms with van der Waals surface area (Å²) in [6.07, 6.45) is 0.254. The first-order chi connectivity index (χ1) is 7.70. The first-order valence-electron chi connectivity index (χ1n) is 6.25. The van der Waals surface area contributed by atoms with Crippen LogP contribution in [0.2, 0.25) is 0 Å². The second-order valence-corrected chi connectivity index (χ2v) is 6.34. The van der Waals surface area contributed by atoms with E-state index >= 15 is 0 Å². The van der Waals surface area contributed by atoms with Crippen LogP contribution < -0.4 is 0 Å². The lowest BCUT2D eigenvalue weighted by Gasteiger charge is -2.27. The number of amides is 2. The Morgan fingerprint density at radius 1 is 1.53 bits per heavy atom. The first-order valence-corrected chi connectivity index (χ1v) is 6.25. The molecule has 0 bridgehead atoms. The number of rotatable bonds is 2. The van der Waals surface area contributed by atoms with Crippen molar-refractivity contribution in [2.75, 3.05) is 6.54 Å². The molecule has 1 aliphatic carbocycles. The summed E-state index contributed by atoms with van der Waals surface area (Å²) in [6, 6.07) is 0. The zero-order valence-corrected chi connectivity index (χ0v) is 11.2. The molecule has 0 spiro atoms. The van der Waals surface area contributed by atoms with Crippen LogP contribution in [0.1, 0.15) is 41.0 Å². The number of hydrogen-bond donors (Lipinski definition) is 0. The van der Waals surface area contributed by atoms with E-state index in [0.29, 0.717) is 12.5 Å². The molecule has 96 valence electrons. The van der Waals surface area contributed by atoms with Crippen LogP contribution in [-0.4, -0.2) is 29.0 Å². The van der Waals surface area contributed by atoms with Gasteiger partial charge < -0.3 is 4.74 Å². The molecular formula is C13H21NO3. The highest BCUT2D eigenvalue weighted by Crippen LogP contribution is 2.62. The summed E-state index contributed by atoms with van der Waals surface area (Å²) < 4.78 is 5.34. The molecule has 2 amide bonds. The van der Waals surface area contributed by atoms with E-state index in [4.69, 9.17) is 4.74 Å². The van der Waals surface area contributed by atoms with Gasteiger partial charge in [-0.3, -0.25) is 4.79 Å². The Kier molecular flexibility index (Phi) is 2.53. The molecule has 2 atom stereocenters. The predicted molar refractivity (Wildman–Crippen MR) is 63.3 cm³/mol. The van der Waals surface area contributed by atoms with Crippen molar-refractivity contribution in [2.45, 2.75) is 46.6 Å². The number of nitrogens with zero attached hydrogens (tertiary/aromatic N) is 1. The van der Waals surface area contributed by atoms with Crippen LogP contribution in [0.3, 0.4) is 0 Å². The molecule has 0 aromatic carbocycles. The first kappa shape index (κ1) is 12.4. The minimum Gasteiger partial charge on any atom is -0.443 e. The van der Waals surface area contributed by atoms with Crippen LogP contribution in [-0.2, 0) is 9.53 Å². The summed E-state index contributed by atoms with van der Waals surface area (Å²) in [5, 5.41) is 0. The second kappa shape index (κ2) is 3.47. The van der Waals surface area contributed by atoms with Gasteiger partial charge in [-0.05, 0) is 31.6 Å². The second-order valence-electron chi connectivity index (χ2n) is 6.34. The molecule has 0 aromatic rings. The number of carbonyl (C=O) groups is 2. The largest absolute Gasteiger partial charge is 0.443 e. The Hall–Kier alpha value is -1.06. The minimum atomic E-state index is -0.500. The standard InChI is InChI=1S/C13H21NO3/c1-6-12(2,3)17-11(16)14-7-8-9(10(14)15)13(8,4)5/h8-9H,6-7H2,1-5H3/t8-,9-/m0/s1. The maximum absolute atomic E-state index is 12.0. The average Bonchev–Trinajstić information content (AvgIpc) is 2.55. The molecule has 0 unspecified atom stereocenters. The topological polar surface area (TPSA) is 46.6 Å². The number of fused-ring (bicyclic) bond motifs is 1. The van der Waals surface area contributed by atoms with E-state index in [0.717, 1.165) is 6.42 Å². The van der Waals surface area contributed by atoms with Crippen LogP contribution in [0, 0.1) is 17.3 Å². The molecule has 4 heteroatoms. The molecule has 17 heavy (non-hydrogen) atoms. The number of imide groups is 1. The van der Waals surface area contributed by atoms with Crippen molar-refractivity contribution in [2.24, 2.45) is 17.3 Å². The van der Waals surface area contributed by atoms with Gasteiger partial charge in [0.2, 0.25) is 5.91 Å². The summed E-state index contributed by atoms with van der Waals surface area (Å²) >= 11 is 0. The molecule has 0 aromatic heterocycles. The molecule has 1 saturated carbocycles. The maximum atomic E-state index is 12.0. The monoisotopic (exact) mass is 239 g/mol. The Labute approximate surface area is 102 Å². The van der Waals surface area contributed by atoms with Gasteiger partial charge in [0.05, 0.1) is 0 Å². The highest BCUT2D eigenvalue weighted by Gasteiger charge is 2.68. The Balaban J connectivity index is 1.99. The van der Waals surface area contributed by atoms with Crippen molar-refractivity contribution in [3.8, 4) is 0 Å². The van der Waals surface area contributed by atoms with Gasteiger partial charge in [-0.25, -0.2) is 9.69 Å². The molecule has 2 rings (SSSR count). The zero-order valence-electron chi connectivity index (χ0n) is 11.2. The average molecular weight is 239 g/mol. The highest BCUT2D eigenvalue weighted by molar-refractivity contribution is 5.98. The summed E-state index contributed by atoms with van der Waals surface area (Å²) in [7, 11) is 0. The third kappa shape index (κ3) is 1.83. The molecular weight excluding hydrogens is 218 g/mol. The van der Waals surface area contributed by atoms with Gasteiger partial charge in [-0.1, -0.05) is 20.8 Å². The van der Waals surface area contributed by atoms with Crippen LogP contribution in [0.25, 0.3) is 0 Å². The quantitative estimate of drug-likeness (QED) is 0.743. The molecule has 0 radical (unpaired) electrons. The van der Waals surface area contributed by atoms with Crippen molar-refractivity contribution >= 4 is 12.0 Å². The molecule has 1 heterocycles. The minimum absolute atomic E-state index is 0.0276. The molecule has 2 aliphatic rings. The van der Waals surface area contributed by atoms with Gasteiger partial charge in [-0.15, -0.1) is 0 Å². The normalized spacial score (nSPS) is 30.2. The molecule has 0 N–H and O–H groups in total. The zero-order chi connectivity index (χ0) is 13.0. The fourth-order valence-corrected chi connectivity index (χ4v) is 2.56. The number of ether oxygens (including phenoxy) is 1. The van der Waals surface area contributed by atoms with E-state index in [-0.39, 0.29) is 17.2 Å². The SMILES string of the molecule is CCC(C)(C)OC(=O)N1C[C@H]2[C@@H](C1=O)C2(C)C. The number of piperidine rings is 1. The van der Waals surface area contributed by atoms with E-state index in [1.807, 2.05) is 20.8 Å². The fourth-order valence-electron chi connectivity index (χ4n) is 2.56. The lowest BCUT2D eigenvalue weighted by molar-refractivity contribution is -0.130. The molecule has 1 saturated heterocycles. The van der Waals surface area contributed by atoms with Crippen molar-refractivity contribution < 1.29 is 14.3 Å². The van der Waals surface area contributed by atoms with Gasteiger partial charge in [-0.2, -0.15) is 0 Å². The van der Waals surface area contributed by atoms with E-state index in [1.54, 1.807) is 0 Å². The van der Waals surface area contributed by atoms with Gasteiger partial charge in [0.1, 0.15) is 5.60 Å². The third-order valence-electron chi connectivity index (χ3n) is 4.40. The van der Waals surface area contributed by atoms with E-state index in [9.17, 15) is 9.59 Å². The summed E-state index contributed by atoms with van der Waals surface area (Å²) in [6.45, 7) is 10.4. The van der Waals surface area contributed by atoms with Crippen LogP contribution >= 0.6 is 0 Å². The Morgan fingerprint density at radius 2 is 2.12 bits per heavy atom. The van der Waals surface area contributed by atoms with Crippen LogP contribution in [0.5, 0.6) is 0 Å². The Bertz CT molecular complexity index is 373. The third-order valence-corrected chi connectivity index (χ3v) is 4.40. The van der Waals surface area contributed by atoms with Crippen molar-refractivity contribution in [3.63, 3.8) is 0 Å². The van der Waals surface area contributed by atoms with Crippen molar-refractivity contribution in [3.05, 3.63) is 0 Å². The van der Waals surface area contributed by atoms with Crippen LogP contribution in [0.4, 0.5) is 4.79 Å². The molecule has 4 nitrogen and oxygen atoms in total. The lowest BCUT2D eigenvalue weighted by atomic mass is 10.1. The van der Waals surface area contributed by atoms with Gasteiger partial charge in [0.25, 0.3) is 0 Å².